The van der Waals surface area contributed by atoms with E-state index in [4.69, 9.17) is 0 Å². The quantitative estimate of drug-likeness (QED) is 0.605. The van der Waals surface area contributed by atoms with Crippen LogP contribution in [0.25, 0.3) is 10.9 Å². The second-order valence-corrected chi connectivity index (χ2v) is 8.64. The van der Waals surface area contributed by atoms with E-state index in [9.17, 15) is 18.0 Å². The highest BCUT2D eigenvalue weighted by molar-refractivity contribution is 7.88. The van der Waals surface area contributed by atoms with Gasteiger partial charge in [0.15, 0.2) is 0 Å². The average molecular weight is 414 g/mol. The van der Waals surface area contributed by atoms with Crippen molar-refractivity contribution in [3.8, 4) is 0 Å². The molecule has 0 aliphatic carbocycles. The summed E-state index contributed by atoms with van der Waals surface area (Å²) in [7, 11) is -1.58. The van der Waals surface area contributed by atoms with Gasteiger partial charge in [0.1, 0.15) is 5.82 Å². The number of benzene rings is 2. The molecule has 3 aromatic rings. The van der Waals surface area contributed by atoms with Crippen LogP contribution in [-0.2, 0) is 23.0 Å². The van der Waals surface area contributed by atoms with Gasteiger partial charge in [-0.3, -0.25) is 9.59 Å². The zero-order chi connectivity index (χ0) is 21.0. The van der Waals surface area contributed by atoms with Crippen LogP contribution in [-0.4, -0.2) is 49.0 Å². The lowest BCUT2D eigenvalue weighted by molar-refractivity contribution is 0.0781. The van der Waals surface area contributed by atoms with Gasteiger partial charge in [-0.1, -0.05) is 24.3 Å². The number of amides is 1. The fourth-order valence-electron chi connectivity index (χ4n) is 2.92. The number of para-hydroxylation sites is 1. The molecule has 2 aromatic carbocycles. The largest absolute Gasteiger partial charge is 0.334 e. The minimum absolute atomic E-state index is 0.166. The first-order valence-corrected chi connectivity index (χ1v) is 10.9. The number of nitrogens with one attached hydrogen (secondary N) is 2. The Balaban J connectivity index is 1.66. The van der Waals surface area contributed by atoms with E-state index in [1.54, 1.807) is 55.6 Å². The summed E-state index contributed by atoms with van der Waals surface area (Å²) in [5.41, 5.74) is 1.76. The van der Waals surface area contributed by atoms with Gasteiger partial charge in [-0.2, -0.15) is 0 Å². The number of carbonyl (C=O) groups is 1. The van der Waals surface area contributed by atoms with Gasteiger partial charge in [0.2, 0.25) is 10.0 Å². The van der Waals surface area contributed by atoms with Crippen LogP contribution in [0.2, 0.25) is 0 Å². The first-order chi connectivity index (χ1) is 13.7. The molecule has 8 nitrogen and oxygen atoms in total. The summed E-state index contributed by atoms with van der Waals surface area (Å²) in [6, 6.07) is 14.0. The van der Waals surface area contributed by atoms with Crippen molar-refractivity contribution in [1.82, 2.24) is 19.6 Å². The van der Waals surface area contributed by atoms with Crippen molar-refractivity contribution in [2.45, 2.75) is 13.0 Å². The van der Waals surface area contributed by atoms with Crippen LogP contribution in [0.1, 0.15) is 21.7 Å². The zero-order valence-electron chi connectivity index (χ0n) is 16.2. The molecule has 2 N–H and O–H groups in total. The topological polar surface area (TPSA) is 112 Å². The average Bonchev–Trinajstić information content (AvgIpc) is 2.67. The van der Waals surface area contributed by atoms with E-state index < -0.39 is 10.0 Å². The van der Waals surface area contributed by atoms with Crippen LogP contribution < -0.4 is 10.3 Å². The minimum Gasteiger partial charge on any atom is -0.334 e. The zero-order valence-corrected chi connectivity index (χ0v) is 17.0. The molecule has 1 heterocycles. The monoisotopic (exact) mass is 414 g/mol. The molecule has 1 aromatic heterocycles. The van der Waals surface area contributed by atoms with Crippen molar-refractivity contribution >= 4 is 26.8 Å². The highest BCUT2D eigenvalue weighted by Crippen LogP contribution is 2.10. The number of nitrogens with zero attached hydrogens (tertiary/aromatic N) is 2. The molecule has 0 saturated heterocycles. The standard InChI is InChI=1S/C20H22N4O4S/c1-24(13-18-22-17-6-4-3-5-16(17)19(25)23-18)20(26)15-9-7-14(8-10-15)11-12-21-29(2,27)28/h3-10,21H,11-13H2,1-2H3,(H,22,23,25). The van der Waals surface area contributed by atoms with Crippen molar-refractivity contribution in [3.05, 3.63) is 75.8 Å². The number of aromatic amines is 1. The Bertz CT molecular complexity index is 1190. The van der Waals surface area contributed by atoms with Gasteiger partial charge in [-0.25, -0.2) is 18.1 Å². The van der Waals surface area contributed by atoms with Crippen molar-refractivity contribution < 1.29 is 13.2 Å². The summed E-state index contributed by atoms with van der Waals surface area (Å²) in [6.07, 6.45) is 1.64. The first kappa shape index (κ1) is 20.7. The third kappa shape index (κ3) is 5.49. The molecule has 0 atom stereocenters. The van der Waals surface area contributed by atoms with Gasteiger partial charge in [0.25, 0.3) is 11.5 Å². The molecule has 0 unspecified atom stereocenters. The SMILES string of the molecule is CN(Cc1nc2ccccc2c(=O)[nH]1)C(=O)c1ccc(CCNS(C)(=O)=O)cc1. The summed E-state index contributed by atoms with van der Waals surface area (Å²) < 4.78 is 24.6. The summed E-state index contributed by atoms with van der Waals surface area (Å²) in [4.78, 5) is 33.4. The van der Waals surface area contributed by atoms with E-state index in [2.05, 4.69) is 14.7 Å². The van der Waals surface area contributed by atoms with Crippen molar-refractivity contribution in [2.24, 2.45) is 0 Å². The molecule has 0 aliphatic rings. The lowest BCUT2D eigenvalue weighted by Crippen LogP contribution is -2.28. The highest BCUT2D eigenvalue weighted by atomic mass is 32.2. The van der Waals surface area contributed by atoms with Crippen molar-refractivity contribution in [2.75, 3.05) is 19.8 Å². The van der Waals surface area contributed by atoms with Crippen LogP contribution in [0.5, 0.6) is 0 Å². The lowest BCUT2D eigenvalue weighted by Gasteiger charge is -2.17. The van der Waals surface area contributed by atoms with Crippen LogP contribution in [0.15, 0.2) is 53.3 Å². The molecule has 0 aliphatic heterocycles. The van der Waals surface area contributed by atoms with Gasteiger partial charge >= 0.3 is 0 Å². The molecule has 3 rings (SSSR count). The van der Waals surface area contributed by atoms with E-state index in [-0.39, 0.29) is 18.0 Å². The molecule has 0 saturated carbocycles. The van der Waals surface area contributed by atoms with Gasteiger partial charge in [0.05, 0.1) is 23.7 Å². The Morgan fingerprint density at radius 1 is 1.14 bits per heavy atom. The van der Waals surface area contributed by atoms with Crippen LogP contribution in [0, 0.1) is 0 Å². The number of fused-ring (bicyclic) bond motifs is 1. The second-order valence-electron chi connectivity index (χ2n) is 6.80. The molecular weight excluding hydrogens is 392 g/mol. The van der Waals surface area contributed by atoms with Crippen molar-refractivity contribution in [3.63, 3.8) is 0 Å². The first-order valence-electron chi connectivity index (χ1n) is 9.00. The fourth-order valence-corrected chi connectivity index (χ4v) is 3.39. The maximum Gasteiger partial charge on any atom is 0.258 e. The predicted molar refractivity (Wildman–Crippen MR) is 111 cm³/mol. The Kier molecular flexibility index (Phi) is 6.09. The van der Waals surface area contributed by atoms with Crippen LogP contribution >= 0.6 is 0 Å². The van der Waals surface area contributed by atoms with Crippen LogP contribution in [0.4, 0.5) is 0 Å². The summed E-state index contributed by atoms with van der Waals surface area (Å²) in [5, 5.41) is 0.506. The lowest BCUT2D eigenvalue weighted by atomic mass is 10.1. The third-order valence-electron chi connectivity index (χ3n) is 4.37. The Morgan fingerprint density at radius 2 is 1.83 bits per heavy atom. The van der Waals surface area contributed by atoms with E-state index in [1.165, 1.54) is 4.90 Å². The maximum absolute atomic E-state index is 12.7. The van der Waals surface area contributed by atoms with E-state index in [0.29, 0.717) is 35.3 Å². The summed E-state index contributed by atoms with van der Waals surface area (Å²) >= 11 is 0. The number of H-pyrrole nitrogens is 1. The number of hydrogen-bond acceptors (Lipinski definition) is 5. The number of aromatic nitrogens is 2. The molecule has 0 bridgehead atoms. The second kappa shape index (κ2) is 8.54. The minimum atomic E-state index is -3.22. The van der Waals surface area contributed by atoms with Crippen LogP contribution in [0.3, 0.4) is 0 Å². The van der Waals surface area contributed by atoms with E-state index in [0.717, 1.165) is 11.8 Å². The van der Waals surface area contributed by atoms with Gasteiger partial charge < -0.3 is 9.88 Å². The van der Waals surface area contributed by atoms with E-state index in [1.807, 2.05) is 0 Å². The molecule has 152 valence electrons. The predicted octanol–water partition coefficient (Wildman–Crippen LogP) is 1.29. The molecule has 0 fully saturated rings. The Hall–Kier alpha value is -3.04. The summed E-state index contributed by atoms with van der Waals surface area (Å²) in [6.45, 7) is 0.464. The number of sulfonamides is 1. The molecule has 1 amide bonds. The van der Waals surface area contributed by atoms with Gasteiger partial charge in [0, 0.05) is 19.2 Å². The molecule has 9 heteroatoms. The van der Waals surface area contributed by atoms with Gasteiger partial charge in [-0.15, -0.1) is 0 Å². The molecule has 29 heavy (non-hydrogen) atoms. The number of rotatable bonds is 7. The Labute approximate surface area is 168 Å². The maximum atomic E-state index is 12.7. The molecule has 0 radical (unpaired) electrons. The smallest absolute Gasteiger partial charge is 0.258 e. The fraction of sp³-hybridized carbons (Fsp3) is 0.250. The number of hydrogen-bond donors (Lipinski definition) is 2. The normalized spacial score (nSPS) is 11.5. The molecular formula is C20H22N4O4S. The highest BCUT2D eigenvalue weighted by Gasteiger charge is 2.14. The number of carbonyl (C=O) groups excluding carboxylic acids is 1. The summed E-state index contributed by atoms with van der Waals surface area (Å²) in [5.74, 6) is 0.203. The van der Waals surface area contributed by atoms with Crippen molar-refractivity contribution in [1.29, 1.82) is 0 Å². The third-order valence-corrected chi connectivity index (χ3v) is 5.10. The van der Waals surface area contributed by atoms with Gasteiger partial charge in [-0.05, 0) is 36.2 Å². The Morgan fingerprint density at radius 3 is 2.52 bits per heavy atom. The van der Waals surface area contributed by atoms with E-state index >= 15 is 0 Å². The molecule has 0 spiro atoms.